The van der Waals surface area contributed by atoms with Gasteiger partial charge in [-0.15, -0.1) is 0 Å². The van der Waals surface area contributed by atoms with Crippen molar-refractivity contribution >= 4 is 34.8 Å². The second kappa shape index (κ2) is 4.64. The highest BCUT2D eigenvalue weighted by Gasteiger charge is 2.46. The van der Waals surface area contributed by atoms with Gasteiger partial charge in [0, 0.05) is 0 Å². The second-order valence-electron chi connectivity index (χ2n) is 4.33. The van der Waals surface area contributed by atoms with Crippen LogP contribution in [-0.2, 0) is 11.2 Å². The Labute approximate surface area is 114 Å². The van der Waals surface area contributed by atoms with Crippen LogP contribution in [0.4, 0.5) is 4.79 Å². The van der Waals surface area contributed by atoms with Crippen molar-refractivity contribution in [3.63, 3.8) is 0 Å². The Morgan fingerprint density at radius 2 is 1.94 bits per heavy atom. The van der Waals surface area contributed by atoms with Gasteiger partial charge in [-0.2, -0.15) is 0 Å². The number of aryl methyl sites for hydroxylation is 1. The van der Waals surface area contributed by atoms with Crippen molar-refractivity contribution < 1.29 is 9.59 Å². The molecule has 2 rings (SSSR count). The molecule has 0 spiro atoms. The molecular formula is C12H13IN2O2. The summed E-state index contributed by atoms with van der Waals surface area (Å²) < 4.78 is 1.11. The molecule has 5 heteroatoms. The zero-order valence-electron chi connectivity index (χ0n) is 9.44. The molecule has 17 heavy (non-hydrogen) atoms. The van der Waals surface area contributed by atoms with Crippen LogP contribution in [0.5, 0.6) is 0 Å². The smallest absolute Gasteiger partial charge is 0.323 e. The molecule has 1 atom stereocenters. The lowest BCUT2D eigenvalue weighted by Crippen LogP contribution is -2.43. The van der Waals surface area contributed by atoms with Crippen LogP contribution in [0.3, 0.4) is 0 Å². The fraction of sp³-hybridized carbons (Fsp3) is 0.333. The molecule has 0 aliphatic carbocycles. The van der Waals surface area contributed by atoms with Gasteiger partial charge in [0.05, 0.1) is 22.9 Å². The van der Waals surface area contributed by atoms with Gasteiger partial charge >= 0.3 is 6.03 Å². The highest BCUT2D eigenvalue weighted by Crippen LogP contribution is 2.25. The van der Waals surface area contributed by atoms with E-state index in [1.807, 2.05) is 30.3 Å². The van der Waals surface area contributed by atoms with Crippen LogP contribution >= 0.6 is 22.9 Å². The van der Waals surface area contributed by atoms with Gasteiger partial charge in [0.1, 0.15) is 5.54 Å². The van der Waals surface area contributed by atoms with E-state index in [1.54, 1.807) is 29.8 Å². The van der Waals surface area contributed by atoms with E-state index < -0.39 is 5.54 Å². The van der Waals surface area contributed by atoms with E-state index in [2.05, 4.69) is 5.32 Å². The largest absolute Gasteiger partial charge is 0.334 e. The van der Waals surface area contributed by atoms with Gasteiger partial charge in [-0.05, 0) is 25.3 Å². The maximum absolute atomic E-state index is 11.9. The number of halogens is 1. The topological polar surface area (TPSA) is 49.4 Å². The minimum atomic E-state index is -0.770. The van der Waals surface area contributed by atoms with Crippen LogP contribution in [-0.4, -0.2) is 20.6 Å². The minimum Gasteiger partial charge on any atom is -0.323 e. The number of carbonyl (C=O) groups is 2. The van der Waals surface area contributed by atoms with Crippen molar-refractivity contribution in [3.8, 4) is 0 Å². The summed E-state index contributed by atoms with van der Waals surface area (Å²) >= 11 is 1.74. The molecule has 0 radical (unpaired) electrons. The molecule has 1 saturated heterocycles. The summed E-state index contributed by atoms with van der Waals surface area (Å²) in [6.45, 7) is 1.77. The average Bonchev–Trinajstić information content (AvgIpc) is 2.53. The Kier molecular flexibility index (Phi) is 3.37. The van der Waals surface area contributed by atoms with Gasteiger partial charge in [0.25, 0.3) is 5.91 Å². The number of urea groups is 1. The molecule has 1 N–H and O–H groups in total. The van der Waals surface area contributed by atoms with Crippen molar-refractivity contribution in [2.24, 2.45) is 0 Å². The van der Waals surface area contributed by atoms with Gasteiger partial charge in [0.2, 0.25) is 0 Å². The number of amides is 3. The number of benzene rings is 1. The quantitative estimate of drug-likeness (QED) is 0.520. The maximum Gasteiger partial charge on any atom is 0.334 e. The fourth-order valence-corrected chi connectivity index (χ4v) is 2.51. The van der Waals surface area contributed by atoms with Crippen molar-refractivity contribution in [1.82, 2.24) is 8.43 Å². The number of nitrogens with one attached hydrogen (secondary N) is 1. The van der Waals surface area contributed by atoms with E-state index >= 15 is 0 Å². The second-order valence-corrected chi connectivity index (χ2v) is 5.30. The van der Waals surface area contributed by atoms with Crippen molar-refractivity contribution in [2.45, 2.75) is 25.3 Å². The number of hydrogen-bond acceptors (Lipinski definition) is 2. The number of rotatable bonds is 3. The third-order valence-corrected chi connectivity index (χ3v) is 3.84. The SMILES string of the molecule is CC1(CCc2ccccc2)NC(=O)N(I)C1=O. The summed E-state index contributed by atoms with van der Waals surface area (Å²) in [6, 6.07) is 9.61. The van der Waals surface area contributed by atoms with E-state index in [1.165, 1.54) is 5.56 Å². The molecule has 1 fully saturated rings. The molecule has 1 aliphatic rings. The first-order valence-corrected chi connectivity index (χ1v) is 6.36. The molecule has 1 aliphatic heterocycles. The molecular weight excluding hydrogens is 331 g/mol. The molecule has 3 amide bonds. The van der Waals surface area contributed by atoms with Crippen molar-refractivity contribution in [2.75, 3.05) is 0 Å². The Balaban J connectivity index is 2.04. The van der Waals surface area contributed by atoms with Crippen molar-refractivity contribution in [3.05, 3.63) is 35.9 Å². The molecule has 0 bridgehead atoms. The molecule has 1 heterocycles. The van der Waals surface area contributed by atoms with Crippen LogP contribution in [0.1, 0.15) is 18.9 Å². The van der Waals surface area contributed by atoms with Crippen LogP contribution < -0.4 is 5.32 Å². The summed E-state index contributed by atoms with van der Waals surface area (Å²) in [6.07, 6.45) is 1.38. The zero-order valence-corrected chi connectivity index (χ0v) is 11.6. The number of nitrogens with zero attached hydrogens (tertiary/aromatic N) is 1. The Morgan fingerprint density at radius 3 is 2.47 bits per heavy atom. The third kappa shape index (κ3) is 2.43. The summed E-state index contributed by atoms with van der Waals surface area (Å²) in [5.74, 6) is -0.168. The Hall–Kier alpha value is -1.11. The first-order chi connectivity index (χ1) is 8.03. The third-order valence-electron chi connectivity index (χ3n) is 2.97. The van der Waals surface area contributed by atoms with Gasteiger partial charge in [0.15, 0.2) is 0 Å². The highest BCUT2D eigenvalue weighted by molar-refractivity contribution is 14.1. The van der Waals surface area contributed by atoms with Gasteiger partial charge in [-0.3, -0.25) is 4.79 Å². The molecule has 90 valence electrons. The summed E-state index contributed by atoms with van der Waals surface area (Å²) in [7, 11) is 0. The predicted molar refractivity (Wildman–Crippen MR) is 72.6 cm³/mol. The first kappa shape index (κ1) is 12.3. The van der Waals surface area contributed by atoms with E-state index in [0.717, 1.165) is 9.53 Å². The monoisotopic (exact) mass is 344 g/mol. The lowest BCUT2D eigenvalue weighted by atomic mass is 9.93. The first-order valence-electron chi connectivity index (χ1n) is 5.39. The predicted octanol–water partition coefficient (Wildman–Crippen LogP) is 2.28. The van der Waals surface area contributed by atoms with Crippen LogP contribution in [0.25, 0.3) is 0 Å². The lowest BCUT2D eigenvalue weighted by molar-refractivity contribution is -0.126. The Morgan fingerprint density at radius 1 is 1.29 bits per heavy atom. The summed E-state index contributed by atoms with van der Waals surface area (Å²) in [5, 5.41) is 2.73. The normalized spacial score (nSPS) is 24.0. The van der Waals surface area contributed by atoms with Crippen LogP contribution in [0.2, 0.25) is 0 Å². The zero-order chi connectivity index (χ0) is 12.5. The van der Waals surface area contributed by atoms with Gasteiger partial charge < -0.3 is 5.32 Å². The summed E-state index contributed by atoms with van der Waals surface area (Å²) in [4.78, 5) is 23.3. The Bertz CT molecular complexity index is 449. The van der Waals surface area contributed by atoms with E-state index in [-0.39, 0.29) is 11.9 Å². The molecule has 1 aromatic carbocycles. The number of carbonyl (C=O) groups excluding carboxylic acids is 2. The van der Waals surface area contributed by atoms with E-state index in [4.69, 9.17) is 0 Å². The number of hydrogen-bond donors (Lipinski definition) is 1. The van der Waals surface area contributed by atoms with Crippen molar-refractivity contribution in [1.29, 1.82) is 0 Å². The molecule has 0 saturated carbocycles. The lowest BCUT2D eigenvalue weighted by Gasteiger charge is -2.20. The molecule has 0 aromatic heterocycles. The van der Waals surface area contributed by atoms with Gasteiger partial charge in [-0.1, -0.05) is 30.3 Å². The summed E-state index contributed by atoms with van der Waals surface area (Å²) in [5.41, 5.74) is 0.399. The highest BCUT2D eigenvalue weighted by atomic mass is 127. The van der Waals surface area contributed by atoms with Gasteiger partial charge in [-0.25, -0.2) is 7.91 Å². The number of imide groups is 1. The minimum absolute atomic E-state index is 0.168. The standard InChI is InChI=1S/C12H13IN2O2/c1-12(10(16)15(13)11(17)14-12)8-7-9-5-3-2-4-6-9/h2-6H,7-8H2,1H3,(H,14,17). The molecule has 4 nitrogen and oxygen atoms in total. The van der Waals surface area contributed by atoms with E-state index in [0.29, 0.717) is 6.42 Å². The molecule has 1 aromatic rings. The van der Waals surface area contributed by atoms with Crippen LogP contribution in [0, 0.1) is 0 Å². The fourth-order valence-electron chi connectivity index (χ4n) is 1.86. The average molecular weight is 344 g/mol. The molecule has 1 unspecified atom stereocenters. The van der Waals surface area contributed by atoms with Crippen LogP contribution in [0.15, 0.2) is 30.3 Å². The van der Waals surface area contributed by atoms with E-state index in [9.17, 15) is 9.59 Å². The maximum atomic E-state index is 11.9.